The molecule has 4 heteroatoms. The summed E-state index contributed by atoms with van der Waals surface area (Å²) in [5.74, 6) is 2.15. The van der Waals surface area contributed by atoms with Gasteiger partial charge in [0.15, 0.2) is 0 Å². The maximum Gasteiger partial charge on any atom is 0.493 e. The van der Waals surface area contributed by atoms with Gasteiger partial charge in [0, 0.05) is 6.54 Å². The van der Waals surface area contributed by atoms with Gasteiger partial charge in [0.25, 0.3) is 0 Å². The third kappa shape index (κ3) is 3.56. The molecule has 0 aliphatic carbocycles. The smallest absolute Gasteiger partial charge is 0.390 e. The van der Waals surface area contributed by atoms with E-state index in [1.54, 1.807) is 0 Å². The zero-order chi connectivity index (χ0) is 19.2. The summed E-state index contributed by atoms with van der Waals surface area (Å²) in [4.78, 5) is 2.24. The summed E-state index contributed by atoms with van der Waals surface area (Å²) >= 11 is 0. The van der Waals surface area contributed by atoms with Crippen molar-refractivity contribution in [1.29, 1.82) is 0 Å². The van der Waals surface area contributed by atoms with Crippen molar-refractivity contribution in [1.82, 2.24) is 4.81 Å². The lowest BCUT2D eigenvalue weighted by Crippen LogP contribution is -2.43. The predicted octanol–water partition coefficient (Wildman–Crippen LogP) is 4.34. The standard InChI is InChI=1S/C24H24BNOP/c1-2-26-21-13-12-20-25(26)27-28(22-14-6-3-7-15-22,23-16-8-4-9-17-23)24-18-10-5-11-19-24/h3-21H,2H2,1H3/q+1. The molecule has 3 aromatic rings. The van der Waals surface area contributed by atoms with E-state index in [2.05, 4.69) is 127 Å². The normalized spacial score (nSPS) is 13.8. The molecule has 0 atom stereocenters. The van der Waals surface area contributed by atoms with Gasteiger partial charge in [-0.2, -0.15) is 0 Å². The molecule has 0 radical (unpaired) electrons. The van der Waals surface area contributed by atoms with Crippen LogP contribution in [0.1, 0.15) is 6.92 Å². The van der Waals surface area contributed by atoms with Crippen molar-refractivity contribution in [2.45, 2.75) is 6.92 Å². The van der Waals surface area contributed by atoms with Crippen LogP contribution in [-0.2, 0) is 4.44 Å². The van der Waals surface area contributed by atoms with Crippen LogP contribution in [-0.4, -0.2) is 18.4 Å². The molecule has 138 valence electrons. The molecule has 0 aromatic heterocycles. The molecule has 0 bridgehead atoms. The Bertz CT molecular complexity index is 847. The van der Waals surface area contributed by atoms with E-state index in [0.29, 0.717) is 0 Å². The van der Waals surface area contributed by atoms with Gasteiger partial charge in [0.2, 0.25) is 7.49 Å². The number of hydrogen-bond acceptors (Lipinski definition) is 2. The van der Waals surface area contributed by atoms with Crippen LogP contribution in [0.4, 0.5) is 0 Å². The molecule has 0 amide bonds. The summed E-state index contributed by atoms with van der Waals surface area (Å²) in [5, 5.41) is 3.68. The van der Waals surface area contributed by atoms with Crippen molar-refractivity contribution in [3.8, 4) is 0 Å². The second-order valence-electron chi connectivity index (χ2n) is 6.67. The van der Waals surface area contributed by atoms with E-state index in [0.717, 1.165) is 6.54 Å². The zero-order valence-corrected chi connectivity index (χ0v) is 17.0. The lowest BCUT2D eigenvalue weighted by atomic mass is 9.79. The van der Waals surface area contributed by atoms with Crippen LogP contribution >= 0.6 is 7.49 Å². The largest absolute Gasteiger partial charge is 0.493 e. The highest BCUT2D eigenvalue weighted by atomic mass is 31.2. The molecule has 1 aliphatic rings. The summed E-state index contributed by atoms with van der Waals surface area (Å²) in [5.41, 5.74) is 0. The van der Waals surface area contributed by atoms with Crippen molar-refractivity contribution < 1.29 is 4.44 Å². The lowest BCUT2D eigenvalue weighted by Gasteiger charge is -2.32. The molecule has 1 heterocycles. The Kier molecular flexibility index (Phi) is 5.76. The van der Waals surface area contributed by atoms with Crippen LogP contribution in [0.15, 0.2) is 115 Å². The maximum atomic E-state index is 7.14. The van der Waals surface area contributed by atoms with Crippen LogP contribution in [0.2, 0.25) is 0 Å². The number of benzene rings is 3. The summed E-state index contributed by atoms with van der Waals surface area (Å²) in [7, 11) is -2.41. The Morgan fingerprint density at radius 1 is 0.714 bits per heavy atom. The fourth-order valence-corrected chi connectivity index (χ4v) is 7.15. The minimum Gasteiger partial charge on any atom is -0.390 e. The molecule has 0 unspecified atom stereocenters. The molecular weight excluding hydrogens is 360 g/mol. The van der Waals surface area contributed by atoms with Crippen LogP contribution in [0.3, 0.4) is 0 Å². The van der Waals surface area contributed by atoms with E-state index in [-0.39, 0.29) is 7.05 Å². The second kappa shape index (κ2) is 8.60. The Morgan fingerprint density at radius 3 is 1.61 bits per heavy atom. The monoisotopic (exact) mass is 384 g/mol. The topological polar surface area (TPSA) is 12.5 Å². The summed E-state index contributed by atoms with van der Waals surface area (Å²) in [6.45, 7) is 3.05. The quantitative estimate of drug-likeness (QED) is 0.463. The lowest BCUT2D eigenvalue weighted by molar-refractivity contribution is 0.498. The van der Waals surface area contributed by atoms with E-state index in [1.165, 1.54) is 15.9 Å². The fraction of sp³-hybridized carbons (Fsp3) is 0.0833. The molecule has 2 nitrogen and oxygen atoms in total. The fourth-order valence-electron chi connectivity index (χ4n) is 3.60. The number of allylic oxidation sites excluding steroid dienone is 2. The van der Waals surface area contributed by atoms with Gasteiger partial charge in [-0.1, -0.05) is 66.6 Å². The third-order valence-corrected chi connectivity index (χ3v) is 8.59. The van der Waals surface area contributed by atoms with Gasteiger partial charge in [-0.3, -0.25) is 0 Å². The Hall–Kier alpha value is -2.61. The van der Waals surface area contributed by atoms with Crippen LogP contribution in [0, 0.1) is 0 Å². The summed E-state index contributed by atoms with van der Waals surface area (Å²) in [6.07, 6.45) is 6.25. The van der Waals surface area contributed by atoms with E-state index < -0.39 is 7.49 Å². The van der Waals surface area contributed by atoms with Gasteiger partial charge in [-0.05, 0) is 55.6 Å². The number of nitrogens with zero attached hydrogens (tertiary/aromatic N) is 1. The van der Waals surface area contributed by atoms with E-state index in [9.17, 15) is 0 Å². The molecule has 1 aliphatic heterocycles. The molecule has 0 N–H and O–H groups in total. The van der Waals surface area contributed by atoms with Gasteiger partial charge in [-0.25, -0.2) is 4.44 Å². The molecule has 0 spiro atoms. The van der Waals surface area contributed by atoms with Crippen molar-refractivity contribution in [2.24, 2.45) is 0 Å². The highest BCUT2D eigenvalue weighted by Gasteiger charge is 2.51. The Balaban J connectivity index is 1.93. The van der Waals surface area contributed by atoms with Crippen molar-refractivity contribution in [3.63, 3.8) is 0 Å². The molecule has 4 rings (SSSR count). The van der Waals surface area contributed by atoms with Gasteiger partial charge < -0.3 is 4.81 Å². The predicted molar refractivity (Wildman–Crippen MR) is 123 cm³/mol. The number of rotatable bonds is 6. The Labute approximate surface area is 168 Å². The third-order valence-electron chi connectivity index (χ3n) is 4.98. The first-order chi connectivity index (χ1) is 13.8. The summed E-state index contributed by atoms with van der Waals surface area (Å²) in [6, 6.07) is 32.0. The average Bonchev–Trinajstić information content (AvgIpc) is 2.79. The van der Waals surface area contributed by atoms with E-state index in [1.807, 2.05) is 0 Å². The first-order valence-electron chi connectivity index (χ1n) is 9.69. The average molecular weight is 384 g/mol. The Morgan fingerprint density at radius 2 is 1.18 bits per heavy atom. The zero-order valence-electron chi connectivity index (χ0n) is 16.1. The van der Waals surface area contributed by atoms with Crippen molar-refractivity contribution in [2.75, 3.05) is 6.54 Å². The molecule has 3 aromatic carbocycles. The van der Waals surface area contributed by atoms with Gasteiger partial charge in [0.1, 0.15) is 15.9 Å². The first kappa shape index (κ1) is 18.7. The van der Waals surface area contributed by atoms with E-state index >= 15 is 0 Å². The second-order valence-corrected chi connectivity index (χ2v) is 9.65. The first-order valence-corrected chi connectivity index (χ1v) is 11.4. The van der Waals surface area contributed by atoms with Gasteiger partial charge in [-0.15, -0.1) is 0 Å². The summed E-state index contributed by atoms with van der Waals surface area (Å²) < 4.78 is 7.14. The highest BCUT2D eigenvalue weighted by Crippen LogP contribution is 2.57. The number of hydrogen-bond donors (Lipinski definition) is 0. The minimum absolute atomic E-state index is 0.107. The van der Waals surface area contributed by atoms with E-state index in [4.69, 9.17) is 4.44 Å². The van der Waals surface area contributed by atoms with Crippen molar-refractivity contribution in [3.05, 3.63) is 115 Å². The molecule has 0 fully saturated rings. The maximum absolute atomic E-state index is 7.14. The van der Waals surface area contributed by atoms with Gasteiger partial charge >= 0.3 is 7.05 Å². The SMILES string of the molecule is CCN1C=CC=CB1O[P+](c1ccccc1)(c1ccccc1)c1ccccc1. The van der Waals surface area contributed by atoms with Crippen LogP contribution in [0.25, 0.3) is 0 Å². The molecule has 28 heavy (non-hydrogen) atoms. The van der Waals surface area contributed by atoms with Crippen LogP contribution in [0.5, 0.6) is 0 Å². The van der Waals surface area contributed by atoms with Crippen LogP contribution < -0.4 is 15.9 Å². The molecule has 0 saturated heterocycles. The molecule has 0 saturated carbocycles. The highest BCUT2D eigenvalue weighted by molar-refractivity contribution is 7.92. The van der Waals surface area contributed by atoms with Crippen molar-refractivity contribution >= 4 is 30.5 Å². The minimum atomic E-state index is -2.30. The molecular formula is C24H24BNOP+. The van der Waals surface area contributed by atoms with Gasteiger partial charge in [0.05, 0.1) is 0 Å².